The van der Waals surface area contributed by atoms with Crippen molar-refractivity contribution in [3.63, 3.8) is 0 Å². The number of thiophene rings is 1. The van der Waals surface area contributed by atoms with Gasteiger partial charge in [-0.3, -0.25) is 5.41 Å². The molecule has 0 amide bonds. The van der Waals surface area contributed by atoms with E-state index in [-0.39, 0.29) is 27.7 Å². The monoisotopic (exact) mass is 352 g/mol. The Balaban J connectivity index is 0.00000176. The molecule has 0 aliphatic heterocycles. The first-order valence-electron chi connectivity index (χ1n) is 6.26. The molecule has 0 bridgehead atoms. The largest absolute Gasteiger partial charge is 0.436 e. The zero-order valence-corrected chi connectivity index (χ0v) is 14.2. The number of aromatic nitrogens is 1. The van der Waals surface area contributed by atoms with Crippen LogP contribution in [-0.4, -0.2) is 17.1 Å². The van der Waals surface area contributed by atoms with Crippen LogP contribution in [0.15, 0.2) is 52.4 Å². The molecule has 0 saturated heterocycles. The number of nitrogens with one attached hydrogen (secondary N) is 1. The molecule has 0 aliphatic carbocycles. The van der Waals surface area contributed by atoms with Gasteiger partial charge in [-0.1, -0.05) is 30.3 Å². The molecule has 7 heteroatoms. The topological polar surface area (TPSA) is 75.9 Å². The number of hydrogen-bond donors (Lipinski definition) is 2. The minimum atomic E-state index is -0.202. The molecule has 22 heavy (non-hydrogen) atoms. The summed E-state index contributed by atoms with van der Waals surface area (Å²) in [6.07, 6.45) is 3.73. The molecular weight excluding hydrogens is 338 g/mol. The summed E-state index contributed by atoms with van der Waals surface area (Å²) < 4.78 is 5.83. The van der Waals surface area contributed by atoms with E-state index in [2.05, 4.69) is 10.4 Å². The molecule has 1 atom stereocenters. The Hall–Kier alpha value is -1.76. The first-order valence-corrected chi connectivity index (χ1v) is 9.29. The molecule has 0 saturated carbocycles. The molecule has 1 unspecified atom stereocenters. The Bertz CT molecular complexity index is 783. The first-order chi connectivity index (χ1) is 10.2. The Morgan fingerprint density at radius 1 is 1.27 bits per heavy atom. The highest BCUT2D eigenvalue weighted by molar-refractivity contribution is 8.45. The number of rotatable bonds is 4. The van der Waals surface area contributed by atoms with Crippen molar-refractivity contribution in [2.75, 3.05) is 6.26 Å². The van der Waals surface area contributed by atoms with E-state index < -0.39 is 0 Å². The summed E-state index contributed by atoms with van der Waals surface area (Å²) in [4.78, 5) is 5.17. The number of nitrogen functional groups attached to an aromatic ring is 1. The van der Waals surface area contributed by atoms with Gasteiger partial charge in [-0.2, -0.15) is 0 Å². The maximum atomic E-state index is 7.64. The van der Waals surface area contributed by atoms with Crippen molar-refractivity contribution in [3.05, 3.63) is 52.9 Å². The lowest BCUT2D eigenvalue weighted by atomic mass is 10.2. The molecule has 1 aromatic carbocycles. The van der Waals surface area contributed by atoms with Crippen molar-refractivity contribution in [2.24, 2.45) is 5.73 Å². The minimum Gasteiger partial charge on any atom is -0.436 e. The van der Waals surface area contributed by atoms with Gasteiger partial charge < -0.3 is 10.2 Å². The molecule has 114 valence electrons. The molecule has 2 heterocycles. The Labute approximate surface area is 141 Å². The summed E-state index contributed by atoms with van der Waals surface area (Å²) >= 11 is 0. The van der Waals surface area contributed by atoms with Crippen LogP contribution in [0.5, 0.6) is 0 Å². The van der Waals surface area contributed by atoms with Gasteiger partial charge in [0.05, 0.1) is 21.3 Å². The molecular formula is C15H15ClN3OS2+. The summed E-state index contributed by atoms with van der Waals surface area (Å²) in [7, 11) is 1.46. The molecule has 2 aromatic heterocycles. The van der Waals surface area contributed by atoms with Crippen LogP contribution in [0.1, 0.15) is 4.88 Å². The van der Waals surface area contributed by atoms with Gasteiger partial charge in [0, 0.05) is 17.9 Å². The van der Waals surface area contributed by atoms with Crippen molar-refractivity contribution in [1.29, 1.82) is 5.41 Å². The highest BCUT2D eigenvalue weighted by atomic mass is 35.5. The van der Waals surface area contributed by atoms with E-state index in [1.54, 1.807) is 17.0 Å². The fraction of sp³-hybridized carbons (Fsp3) is 0.0667. The zero-order chi connectivity index (χ0) is 14.8. The van der Waals surface area contributed by atoms with Crippen LogP contribution >= 0.6 is 32.7 Å². The maximum absolute atomic E-state index is 7.64. The predicted octanol–water partition coefficient (Wildman–Crippen LogP) is 4.59. The number of benzene rings is 1. The number of oxazole rings is 1. The second-order valence-corrected chi connectivity index (χ2v) is 8.04. The van der Waals surface area contributed by atoms with Gasteiger partial charge in [0.1, 0.15) is 10.8 Å². The van der Waals surface area contributed by atoms with Crippen LogP contribution < -0.4 is 5.73 Å². The number of nitrogens with zero attached hydrogens (tertiary/aromatic N) is 1. The van der Waals surface area contributed by atoms with Gasteiger partial charge in [0.2, 0.25) is 10.8 Å². The van der Waals surface area contributed by atoms with E-state index in [0.717, 1.165) is 21.8 Å². The standard InChI is InChI=1S/C15H14N3OS2.ClH/c1-20-21-9-11(7-13(21)14(16)17)15-18-8-12(19-15)10-5-3-2-4-6-10;/h2-9H,1H3,(H3,16,17);1H/q+1;. The lowest BCUT2D eigenvalue weighted by Gasteiger charge is -1.93. The summed E-state index contributed by atoms with van der Waals surface area (Å²) in [5.41, 5.74) is 7.51. The van der Waals surface area contributed by atoms with Crippen LogP contribution in [0, 0.1) is 5.41 Å². The van der Waals surface area contributed by atoms with Crippen molar-refractivity contribution in [2.45, 2.75) is 0 Å². The van der Waals surface area contributed by atoms with E-state index in [4.69, 9.17) is 15.6 Å². The maximum Gasteiger partial charge on any atom is 0.231 e. The second kappa shape index (κ2) is 7.00. The van der Waals surface area contributed by atoms with Crippen molar-refractivity contribution in [1.82, 2.24) is 4.98 Å². The smallest absolute Gasteiger partial charge is 0.231 e. The summed E-state index contributed by atoms with van der Waals surface area (Å²) in [6, 6.07) is 11.7. The van der Waals surface area contributed by atoms with E-state index in [9.17, 15) is 0 Å². The normalized spacial score (nSPS) is 11.0. The quantitative estimate of drug-likeness (QED) is 0.311. The number of hydrogen-bond acceptors (Lipinski definition) is 4. The summed E-state index contributed by atoms with van der Waals surface area (Å²) in [6.45, 7) is 0. The second-order valence-electron chi connectivity index (χ2n) is 4.36. The highest BCUT2D eigenvalue weighted by Crippen LogP contribution is 2.40. The van der Waals surface area contributed by atoms with Crippen molar-refractivity contribution in [3.8, 4) is 22.8 Å². The molecule has 0 radical (unpaired) electrons. The third-order valence-electron chi connectivity index (χ3n) is 2.99. The van der Waals surface area contributed by atoms with Gasteiger partial charge in [0.25, 0.3) is 0 Å². The molecule has 0 fully saturated rings. The van der Waals surface area contributed by atoms with Gasteiger partial charge in [-0.15, -0.1) is 12.4 Å². The fourth-order valence-electron chi connectivity index (χ4n) is 1.99. The first kappa shape index (κ1) is 16.6. The van der Waals surface area contributed by atoms with Crippen LogP contribution in [0.25, 0.3) is 22.8 Å². The fourth-order valence-corrected chi connectivity index (χ4v) is 4.81. The van der Waals surface area contributed by atoms with Crippen LogP contribution in [0.3, 0.4) is 0 Å². The highest BCUT2D eigenvalue weighted by Gasteiger charge is 2.23. The van der Waals surface area contributed by atoms with Gasteiger partial charge >= 0.3 is 0 Å². The Morgan fingerprint density at radius 3 is 2.59 bits per heavy atom. The molecule has 3 aromatic rings. The van der Waals surface area contributed by atoms with Gasteiger partial charge in [-0.25, -0.2) is 4.98 Å². The number of amidine groups is 1. The van der Waals surface area contributed by atoms with Crippen molar-refractivity contribution >= 4 is 38.5 Å². The lowest BCUT2D eigenvalue weighted by molar-refractivity contribution is 0.589. The van der Waals surface area contributed by atoms with Gasteiger partial charge in [0.15, 0.2) is 17.0 Å². The minimum absolute atomic E-state index is 0. The number of halogens is 1. The molecule has 4 nitrogen and oxygen atoms in total. The molecule has 3 N–H and O–H groups in total. The molecule has 3 rings (SSSR count). The average molecular weight is 353 g/mol. The number of nitrogens with two attached hydrogens (primary N) is 1. The SMILES string of the molecule is CS[s+]1cc(-c2ncc(-c3ccccc3)o2)cc1C(=N)N.Cl. The van der Waals surface area contributed by atoms with Crippen LogP contribution in [0.2, 0.25) is 0 Å². The Kier molecular flexibility index (Phi) is 5.28. The van der Waals surface area contributed by atoms with Gasteiger partial charge in [-0.05, 0) is 0 Å². The molecule has 0 aliphatic rings. The summed E-state index contributed by atoms with van der Waals surface area (Å²) in [5, 5.41) is 9.69. The van der Waals surface area contributed by atoms with E-state index in [0.29, 0.717) is 5.89 Å². The lowest BCUT2D eigenvalue weighted by Crippen LogP contribution is -2.09. The Morgan fingerprint density at radius 2 is 2.00 bits per heavy atom. The van der Waals surface area contributed by atoms with Crippen LogP contribution in [0.4, 0.5) is 0 Å². The van der Waals surface area contributed by atoms with E-state index >= 15 is 0 Å². The average Bonchev–Trinajstić information content (AvgIpc) is 3.14. The zero-order valence-electron chi connectivity index (χ0n) is 11.8. The van der Waals surface area contributed by atoms with Crippen molar-refractivity contribution < 1.29 is 4.42 Å². The van der Waals surface area contributed by atoms with E-state index in [1.165, 1.54) is 0 Å². The van der Waals surface area contributed by atoms with Crippen LogP contribution in [-0.2, 0) is 0 Å². The molecule has 0 spiro atoms. The van der Waals surface area contributed by atoms with E-state index in [1.807, 2.05) is 42.7 Å². The summed E-state index contributed by atoms with van der Waals surface area (Å²) in [5.74, 6) is 1.41. The predicted molar refractivity (Wildman–Crippen MR) is 97.0 cm³/mol. The third-order valence-corrected chi connectivity index (χ3v) is 6.50. The third kappa shape index (κ3) is 3.19.